The lowest BCUT2D eigenvalue weighted by molar-refractivity contribution is -0.124. The summed E-state index contributed by atoms with van der Waals surface area (Å²) < 4.78 is 39.6. The van der Waals surface area contributed by atoms with Crippen LogP contribution >= 0.6 is 7.82 Å². The van der Waals surface area contributed by atoms with Crippen LogP contribution in [-0.2, 0) is 63.3 Å². The molecule has 0 saturated carbocycles. The molecule has 2 aromatic heterocycles. The van der Waals surface area contributed by atoms with Crippen LogP contribution in [0.2, 0.25) is 0 Å². The van der Waals surface area contributed by atoms with Crippen LogP contribution in [0, 0.1) is 59.2 Å². The first-order valence-corrected chi connectivity index (χ1v) is 34.4. The summed E-state index contributed by atoms with van der Waals surface area (Å²) in [6.07, 6.45) is -0.663. The number of hydrogen-bond donors (Lipinski definition) is 10. The first kappa shape index (κ1) is 73.4. The average Bonchev–Trinajstić information content (AvgIpc) is 1.53. The van der Waals surface area contributed by atoms with Crippen molar-refractivity contribution in [2.45, 2.75) is 196 Å². The molecule has 2 fully saturated rings. The van der Waals surface area contributed by atoms with E-state index in [0.29, 0.717) is 56.4 Å². The number of carbonyl (C=O) groups excluding carboxylic acids is 7. The van der Waals surface area contributed by atoms with Crippen molar-refractivity contribution in [3.05, 3.63) is 94.0 Å². The number of pyridine rings is 1. The summed E-state index contributed by atoms with van der Waals surface area (Å²) in [5.41, 5.74) is 38.4. The predicted octanol–water partition coefficient (Wildman–Crippen LogP) is 4.78. The Morgan fingerprint density at radius 1 is 0.794 bits per heavy atom. The number of allylic oxidation sites excluding steroid dienone is 6. The zero-order chi connectivity index (χ0) is 71.2. The molecule has 9 rings (SSSR count). The Balaban J connectivity index is 1.08. The molecule has 0 aliphatic carbocycles. The second kappa shape index (κ2) is 28.2. The fraction of sp³-hybridized carbons (Fsp3) is 0.588. The quantitative estimate of drug-likeness (QED) is 0.0418. The van der Waals surface area contributed by atoms with E-state index in [4.69, 9.17) is 67.9 Å². The number of nitrogens with two attached hydrogens (primary N) is 6. The molecule has 526 valence electrons. The highest BCUT2D eigenvalue weighted by Gasteiger charge is 2.66. The molecule has 0 radical (unpaired) electrons. The SMILES string of the molecule is C/C1=C2N=C(/C=C3\N/C(=C(/C)C4=N[C@@](C)([C@@H]5N=C1[C@](C)(CCC(=O)NC[C@@H](C)OP(=O)(O)O[C@H]1[C@@H](O)[C@@H](n6cnc7cc(C)c(C)cc76)O[C@@H]1COCc1ccncc1)[C@H]5CC(N)=O)[C@@](C)(CC(N)=O)[C@@H]4CCC(N)=O)[C@@](C)(CC(N)=O)[C@@H]3CCC(N)=O)C(C)(C)[C@@H]/2CCC(N)=O. The van der Waals surface area contributed by atoms with Gasteiger partial charge >= 0.3 is 7.82 Å². The van der Waals surface area contributed by atoms with Gasteiger partial charge in [-0.15, -0.1) is 0 Å². The lowest BCUT2D eigenvalue weighted by atomic mass is 9.55. The number of imidazole rings is 1. The Morgan fingerprint density at radius 2 is 1.41 bits per heavy atom. The predicted molar refractivity (Wildman–Crippen MR) is 360 cm³/mol. The summed E-state index contributed by atoms with van der Waals surface area (Å²) in [7, 11) is -5.10. The summed E-state index contributed by atoms with van der Waals surface area (Å²) in [4.78, 5) is 131. The highest BCUT2D eigenvalue weighted by molar-refractivity contribution is 7.47. The summed E-state index contributed by atoms with van der Waals surface area (Å²) in [5, 5.41) is 18.4. The fourth-order valence-corrected chi connectivity index (χ4v) is 17.3. The van der Waals surface area contributed by atoms with Gasteiger partial charge in [-0.05, 0) is 125 Å². The van der Waals surface area contributed by atoms with E-state index in [1.807, 2.05) is 87.4 Å². The van der Waals surface area contributed by atoms with Crippen molar-refractivity contribution in [2.75, 3.05) is 13.2 Å². The third kappa shape index (κ3) is 14.7. The number of aliphatic hydroxyl groups excluding tert-OH is 1. The number of fused-ring (bicyclic) bond motifs is 7. The minimum Gasteiger partial charge on any atom is -0.386 e. The van der Waals surface area contributed by atoms with Crippen molar-refractivity contribution in [1.29, 1.82) is 0 Å². The van der Waals surface area contributed by atoms with Gasteiger partial charge in [-0.3, -0.25) is 62.6 Å². The number of aliphatic hydroxyl groups is 1. The summed E-state index contributed by atoms with van der Waals surface area (Å²) in [6, 6.07) is 6.30. The molecular weight excluding hydrogens is 1270 g/mol. The Bertz CT molecular complexity index is 3900. The first-order valence-electron chi connectivity index (χ1n) is 32.9. The van der Waals surface area contributed by atoms with Crippen LogP contribution < -0.4 is 45.0 Å². The van der Waals surface area contributed by atoms with Crippen LogP contribution in [0.5, 0.6) is 0 Å². The van der Waals surface area contributed by atoms with Crippen LogP contribution in [0.25, 0.3) is 11.0 Å². The van der Waals surface area contributed by atoms with E-state index in [0.717, 1.165) is 16.7 Å². The first-order chi connectivity index (χ1) is 45.3. The topological polar surface area (TPSA) is 462 Å². The van der Waals surface area contributed by atoms with Crippen LogP contribution in [0.1, 0.15) is 156 Å². The second-order valence-corrected chi connectivity index (χ2v) is 30.1. The number of primary amides is 6. The second-order valence-electron chi connectivity index (χ2n) is 28.8. The smallest absolute Gasteiger partial charge is 0.386 e. The molecule has 1 unspecified atom stereocenters. The number of benzene rings is 1. The Kier molecular flexibility index (Phi) is 21.3. The number of amides is 7. The summed E-state index contributed by atoms with van der Waals surface area (Å²) in [6.45, 7) is 20.0. The van der Waals surface area contributed by atoms with E-state index < -0.39 is 137 Å². The number of aromatic nitrogens is 3. The van der Waals surface area contributed by atoms with E-state index in [1.54, 1.807) is 29.1 Å². The largest absolute Gasteiger partial charge is 0.472 e. The maximum atomic E-state index is 14.5. The third-order valence-electron chi connectivity index (χ3n) is 21.7. The van der Waals surface area contributed by atoms with Gasteiger partial charge in [0.25, 0.3) is 0 Å². The number of nitrogens with one attached hydrogen (secondary N) is 2. The number of nitrogens with zero attached hydrogens (tertiary/aromatic N) is 6. The Morgan fingerprint density at radius 3 is 2.03 bits per heavy atom. The number of aryl methyl sites for hydroxylation is 2. The molecule has 1 aromatic carbocycles. The standard InChI is InChI=1S/C68H95N14O14P/c1-34-24-45-46(25-35(34)2)82(33-77-45)63-58(90)59(47(94-63)32-93-31-39-19-22-75-23-20-39)96-97(91,92)95-36(3)30-76-55(89)18-21-65(8)43(26-52(72)86)62-68(11)67(10,29-54(74)88)42(14-17-51(71)85)57(81-68)38(5)61-66(9,28-53(73)87)40(12-15-49(69)83)44(78-61)27-48-64(6,7)41(13-16-50(70)84)56(79-48)37(4)60(65)80-62/h19-20,22-25,27,33,36,40-43,47,58-59,62-63,78,90H,12-18,21,26,28-32H2,1-11H3,(H2,69,83)(H2,70,84)(H2,71,85)(H2,72,86)(H2,73,87)(H2,74,88)(H,76,89)(H,91,92)/b44-27-,56-37-,61-38-/t36-,40-,41-,42-,43+,47-,58-,59-,62-,63+,65-,66+,67+,68+/m1/s1. The molecule has 28 nitrogen and oxygen atoms in total. The average molecular weight is 1360 g/mol. The third-order valence-corrected chi connectivity index (χ3v) is 22.8. The van der Waals surface area contributed by atoms with Gasteiger partial charge in [-0.2, -0.15) is 0 Å². The molecule has 8 heterocycles. The molecule has 29 heteroatoms. The molecular formula is C68H95N14O14P. The van der Waals surface area contributed by atoms with Crippen LogP contribution in [0.3, 0.4) is 0 Å². The number of aliphatic imine (C=N–C) groups is 3. The van der Waals surface area contributed by atoms with Crippen molar-refractivity contribution < 1.29 is 66.6 Å². The number of hydrogen-bond acceptors (Lipinski definition) is 19. The van der Waals surface area contributed by atoms with Gasteiger partial charge in [0, 0.05) is 143 Å². The van der Waals surface area contributed by atoms with Crippen molar-refractivity contribution >= 4 is 77.3 Å². The number of phosphoric acid groups is 1. The van der Waals surface area contributed by atoms with E-state index >= 15 is 0 Å². The zero-order valence-corrected chi connectivity index (χ0v) is 58.1. The zero-order valence-electron chi connectivity index (χ0n) is 57.2. The molecule has 8 bridgehead atoms. The molecule has 3 aromatic rings. The number of carbonyl (C=O) groups is 7. The maximum Gasteiger partial charge on any atom is 0.472 e. The van der Waals surface area contributed by atoms with Gasteiger partial charge in [0.1, 0.15) is 18.3 Å². The van der Waals surface area contributed by atoms with Crippen molar-refractivity contribution in [3.63, 3.8) is 0 Å². The molecule has 15 atom stereocenters. The molecule has 97 heavy (non-hydrogen) atoms. The van der Waals surface area contributed by atoms with Crippen LogP contribution in [-0.4, -0.2) is 132 Å². The molecule has 2 saturated heterocycles. The highest BCUT2D eigenvalue weighted by atomic mass is 31.2. The molecule has 6 aliphatic heterocycles. The number of rotatable bonds is 29. The van der Waals surface area contributed by atoms with Gasteiger partial charge < -0.3 is 69.1 Å². The van der Waals surface area contributed by atoms with E-state index in [-0.39, 0.29) is 90.4 Å². The van der Waals surface area contributed by atoms with Gasteiger partial charge in [0.05, 0.1) is 48.3 Å². The van der Waals surface area contributed by atoms with E-state index in [1.165, 1.54) is 13.3 Å². The highest BCUT2D eigenvalue weighted by Crippen LogP contribution is 2.63. The monoisotopic (exact) mass is 1360 g/mol. The van der Waals surface area contributed by atoms with Crippen LogP contribution in [0.4, 0.5) is 0 Å². The molecule has 6 aliphatic rings. The van der Waals surface area contributed by atoms with E-state index in [9.17, 15) is 48.1 Å². The minimum absolute atomic E-state index is 0.00935. The minimum atomic E-state index is -5.10. The number of ether oxygens (including phenoxy) is 2. The van der Waals surface area contributed by atoms with Crippen molar-refractivity contribution in [1.82, 2.24) is 25.2 Å². The normalized spacial score (nSPS) is 32.6. The summed E-state index contributed by atoms with van der Waals surface area (Å²) >= 11 is 0. The molecule has 0 spiro atoms. The maximum absolute atomic E-state index is 14.5. The number of phosphoric ester groups is 1. The van der Waals surface area contributed by atoms with Gasteiger partial charge in [-0.25, -0.2) is 9.55 Å². The van der Waals surface area contributed by atoms with Gasteiger partial charge in [0.2, 0.25) is 41.4 Å². The Labute approximate surface area is 564 Å². The van der Waals surface area contributed by atoms with E-state index in [2.05, 4.69) is 20.6 Å². The molecule has 16 N–H and O–H groups in total. The molecule has 7 amide bonds. The van der Waals surface area contributed by atoms with Gasteiger partial charge in [0.15, 0.2) is 6.23 Å². The fourth-order valence-electron chi connectivity index (χ4n) is 16.2. The van der Waals surface area contributed by atoms with Crippen molar-refractivity contribution in [2.24, 2.45) is 94.7 Å². The lowest BCUT2D eigenvalue weighted by Gasteiger charge is -2.48. The van der Waals surface area contributed by atoms with Crippen molar-refractivity contribution in [3.8, 4) is 0 Å². The van der Waals surface area contributed by atoms with Crippen LogP contribution in [0.15, 0.2) is 92.3 Å². The lowest BCUT2D eigenvalue weighted by Crippen LogP contribution is -2.56. The van der Waals surface area contributed by atoms with Gasteiger partial charge in [-0.1, -0.05) is 34.6 Å². The Hall–Kier alpha value is -7.85. The summed E-state index contributed by atoms with van der Waals surface area (Å²) in [5.74, 6) is -7.17.